The first-order valence-corrected chi connectivity index (χ1v) is 4.91. The number of aryl methyl sites for hydroxylation is 1. The van der Waals surface area contributed by atoms with Crippen LogP contribution in [0, 0.1) is 0 Å². The highest BCUT2D eigenvalue weighted by atomic mass is 16.5. The van der Waals surface area contributed by atoms with E-state index in [4.69, 9.17) is 4.74 Å². The average Bonchev–Trinajstić information content (AvgIpc) is 2.19. The van der Waals surface area contributed by atoms with E-state index in [1.165, 1.54) is 0 Å². The molecule has 0 saturated heterocycles. The Bertz CT molecular complexity index is 211. The number of pyridine rings is 1. The molecule has 2 heteroatoms. The number of hydrogen-bond donors (Lipinski definition) is 0. The fourth-order valence-corrected chi connectivity index (χ4v) is 1.15. The first-order chi connectivity index (χ1) is 6.43. The van der Waals surface area contributed by atoms with Crippen LogP contribution in [-0.4, -0.2) is 18.2 Å². The SMILES string of the molecule is CCCOCCCc1ccccn1. The number of nitrogens with zero attached hydrogens (tertiary/aromatic N) is 1. The van der Waals surface area contributed by atoms with Gasteiger partial charge in [0.15, 0.2) is 0 Å². The smallest absolute Gasteiger partial charge is 0.0469 e. The van der Waals surface area contributed by atoms with E-state index in [0.717, 1.165) is 38.2 Å². The Kier molecular flexibility index (Phi) is 5.18. The fourth-order valence-electron chi connectivity index (χ4n) is 1.15. The lowest BCUT2D eigenvalue weighted by Gasteiger charge is -2.01. The highest BCUT2D eigenvalue weighted by molar-refractivity contribution is 5.03. The minimum absolute atomic E-state index is 0.852. The molecule has 0 aliphatic heterocycles. The molecule has 1 aromatic heterocycles. The summed E-state index contributed by atoms with van der Waals surface area (Å²) in [6.07, 6.45) is 5.02. The predicted molar refractivity (Wildman–Crippen MR) is 53.7 cm³/mol. The summed E-state index contributed by atoms with van der Waals surface area (Å²) in [5.41, 5.74) is 1.16. The van der Waals surface area contributed by atoms with Gasteiger partial charge in [0.2, 0.25) is 0 Å². The molecular formula is C11H17NO. The predicted octanol–water partition coefficient (Wildman–Crippen LogP) is 2.44. The van der Waals surface area contributed by atoms with E-state index in [-0.39, 0.29) is 0 Å². The lowest BCUT2D eigenvalue weighted by Crippen LogP contribution is -1.98. The standard InChI is InChI=1S/C11H17NO/c1-2-9-13-10-5-7-11-6-3-4-8-12-11/h3-4,6,8H,2,5,7,9-10H2,1H3. The summed E-state index contributed by atoms with van der Waals surface area (Å²) in [5, 5.41) is 0. The third-order valence-electron chi connectivity index (χ3n) is 1.80. The van der Waals surface area contributed by atoms with Crippen LogP contribution in [0.4, 0.5) is 0 Å². The van der Waals surface area contributed by atoms with Gasteiger partial charge in [0.1, 0.15) is 0 Å². The van der Waals surface area contributed by atoms with Crippen molar-refractivity contribution in [3.8, 4) is 0 Å². The summed E-state index contributed by atoms with van der Waals surface area (Å²) in [4.78, 5) is 4.24. The van der Waals surface area contributed by atoms with Gasteiger partial charge >= 0.3 is 0 Å². The highest BCUT2D eigenvalue weighted by Crippen LogP contribution is 1.98. The van der Waals surface area contributed by atoms with E-state index < -0.39 is 0 Å². The third-order valence-corrected chi connectivity index (χ3v) is 1.80. The van der Waals surface area contributed by atoms with E-state index >= 15 is 0 Å². The Balaban J connectivity index is 2.07. The van der Waals surface area contributed by atoms with Crippen molar-refractivity contribution in [2.75, 3.05) is 13.2 Å². The van der Waals surface area contributed by atoms with Gasteiger partial charge in [-0.05, 0) is 31.4 Å². The van der Waals surface area contributed by atoms with Gasteiger partial charge in [-0.25, -0.2) is 0 Å². The first kappa shape index (κ1) is 10.2. The van der Waals surface area contributed by atoms with Crippen LogP contribution < -0.4 is 0 Å². The maximum atomic E-state index is 5.38. The summed E-state index contributed by atoms with van der Waals surface area (Å²) < 4.78 is 5.38. The molecule has 0 aliphatic rings. The Morgan fingerprint density at radius 1 is 1.31 bits per heavy atom. The normalized spacial score (nSPS) is 10.2. The van der Waals surface area contributed by atoms with Crippen LogP contribution in [0.25, 0.3) is 0 Å². The largest absolute Gasteiger partial charge is 0.381 e. The molecular weight excluding hydrogens is 162 g/mol. The lowest BCUT2D eigenvalue weighted by molar-refractivity contribution is 0.132. The molecule has 13 heavy (non-hydrogen) atoms. The Morgan fingerprint density at radius 3 is 2.92 bits per heavy atom. The monoisotopic (exact) mass is 179 g/mol. The van der Waals surface area contributed by atoms with E-state index in [1.807, 2.05) is 18.3 Å². The molecule has 2 nitrogen and oxygen atoms in total. The molecule has 72 valence electrons. The molecule has 1 aromatic rings. The second-order valence-corrected chi connectivity index (χ2v) is 3.04. The summed E-state index contributed by atoms with van der Waals surface area (Å²) >= 11 is 0. The molecule has 1 rings (SSSR count). The van der Waals surface area contributed by atoms with Crippen molar-refractivity contribution in [1.82, 2.24) is 4.98 Å². The minimum atomic E-state index is 0.852. The lowest BCUT2D eigenvalue weighted by atomic mass is 10.2. The fraction of sp³-hybridized carbons (Fsp3) is 0.545. The molecule has 0 fully saturated rings. The summed E-state index contributed by atoms with van der Waals surface area (Å²) in [6, 6.07) is 6.02. The second kappa shape index (κ2) is 6.61. The zero-order valence-electron chi connectivity index (χ0n) is 8.20. The topological polar surface area (TPSA) is 22.1 Å². The van der Waals surface area contributed by atoms with Crippen LogP contribution in [-0.2, 0) is 11.2 Å². The van der Waals surface area contributed by atoms with Gasteiger partial charge in [0, 0.05) is 25.1 Å². The zero-order valence-corrected chi connectivity index (χ0v) is 8.20. The van der Waals surface area contributed by atoms with Gasteiger partial charge in [0.25, 0.3) is 0 Å². The average molecular weight is 179 g/mol. The third kappa shape index (κ3) is 4.63. The minimum Gasteiger partial charge on any atom is -0.381 e. The molecule has 0 spiro atoms. The zero-order chi connectivity index (χ0) is 9.36. The maximum absolute atomic E-state index is 5.38. The summed E-state index contributed by atoms with van der Waals surface area (Å²) in [5.74, 6) is 0. The summed E-state index contributed by atoms with van der Waals surface area (Å²) in [6.45, 7) is 3.85. The molecule has 0 N–H and O–H groups in total. The molecule has 0 aromatic carbocycles. The number of ether oxygens (including phenoxy) is 1. The Hall–Kier alpha value is -0.890. The van der Waals surface area contributed by atoms with Gasteiger partial charge in [-0.15, -0.1) is 0 Å². The number of rotatable bonds is 6. The molecule has 0 radical (unpaired) electrons. The Labute approximate surface area is 80.0 Å². The number of hydrogen-bond acceptors (Lipinski definition) is 2. The van der Waals surface area contributed by atoms with Crippen LogP contribution in [0.2, 0.25) is 0 Å². The summed E-state index contributed by atoms with van der Waals surface area (Å²) in [7, 11) is 0. The molecule has 0 bridgehead atoms. The van der Waals surface area contributed by atoms with Crippen LogP contribution in [0.5, 0.6) is 0 Å². The van der Waals surface area contributed by atoms with Gasteiger partial charge in [-0.1, -0.05) is 13.0 Å². The second-order valence-electron chi connectivity index (χ2n) is 3.04. The van der Waals surface area contributed by atoms with Crippen molar-refractivity contribution in [2.45, 2.75) is 26.2 Å². The first-order valence-electron chi connectivity index (χ1n) is 4.91. The molecule has 0 atom stereocenters. The van der Waals surface area contributed by atoms with Crippen molar-refractivity contribution in [2.24, 2.45) is 0 Å². The van der Waals surface area contributed by atoms with Crippen LogP contribution in [0.3, 0.4) is 0 Å². The molecule has 0 unspecified atom stereocenters. The van der Waals surface area contributed by atoms with Crippen molar-refractivity contribution in [3.05, 3.63) is 30.1 Å². The highest BCUT2D eigenvalue weighted by Gasteiger charge is 1.92. The van der Waals surface area contributed by atoms with E-state index in [2.05, 4.69) is 18.0 Å². The van der Waals surface area contributed by atoms with Crippen molar-refractivity contribution in [1.29, 1.82) is 0 Å². The maximum Gasteiger partial charge on any atom is 0.0469 e. The molecule has 0 amide bonds. The van der Waals surface area contributed by atoms with E-state index in [9.17, 15) is 0 Å². The van der Waals surface area contributed by atoms with Crippen LogP contribution in [0.15, 0.2) is 24.4 Å². The van der Waals surface area contributed by atoms with Crippen LogP contribution >= 0.6 is 0 Å². The van der Waals surface area contributed by atoms with Gasteiger partial charge in [-0.3, -0.25) is 4.98 Å². The molecule has 1 heterocycles. The molecule has 0 saturated carbocycles. The van der Waals surface area contributed by atoms with Crippen molar-refractivity contribution >= 4 is 0 Å². The van der Waals surface area contributed by atoms with Crippen molar-refractivity contribution in [3.63, 3.8) is 0 Å². The molecule has 0 aliphatic carbocycles. The van der Waals surface area contributed by atoms with Crippen molar-refractivity contribution < 1.29 is 4.74 Å². The van der Waals surface area contributed by atoms with Crippen LogP contribution in [0.1, 0.15) is 25.5 Å². The van der Waals surface area contributed by atoms with Gasteiger partial charge in [0.05, 0.1) is 0 Å². The van der Waals surface area contributed by atoms with Gasteiger partial charge in [-0.2, -0.15) is 0 Å². The quantitative estimate of drug-likeness (QED) is 0.626. The Morgan fingerprint density at radius 2 is 2.23 bits per heavy atom. The van der Waals surface area contributed by atoms with E-state index in [1.54, 1.807) is 0 Å². The van der Waals surface area contributed by atoms with Gasteiger partial charge < -0.3 is 4.74 Å². The number of aromatic nitrogens is 1. The van der Waals surface area contributed by atoms with E-state index in [0.29, 0.717) is 0 Å².